The van der Waals surface area contributed by atoms with Crippen molar-refractivity contribution in [1.82, 2.24) is 0 Å². The van der Waals surface area contributed by atoms with E-state index < -0.39 is 0 Å². The van der Waals surface area contributed by atoms with Crippen molar-refractivity contribution in [2.45, 2.75) is 41.0 Å². The topological polar surface area (TPSA) is 59.0 Å². The Kier molecular flexibility index (Phi) is 4.98. The van der Waals surface area contributed by atoms with Gasteiger partial charge in [-0.25, -0.2) is 0 Å². The number of esters is 1. The third kappa shape index (κ3) is 3.50. The second kappa shape index (κ2) is 6.77. The van der Waals surface area contributed by atoms with Crippen molar-refractivity contribution in [3.05, 3.63) is 40.5 Å². The van der Waals surface area contributed by atoms with Gasteiger partial charge in [0.2, 0.25) is 0 Å². The molecule has 0 atom stereocenters. The Morgan fingerprint density at radius 2 is 1.91 bits per heavy atom. The molecule has 122 valence electrons. The average Bonchev–Trinajstić information content (AvgIpc) is 2.77. The maximum atomic E-state index is 12.7. The fourth-order valence-corrected chi connectivity index (χ4v) is 2.55. The third-order valence-corrected chi connectivity index (χ3v) is 3.89. The molecule has 1 aromatic carbocycles. The molecule has 0 radical (unpaired) electrons. The standard InChI is InChI=1S/C18H22N2O3/c1-6-23-16(21)10-13(4)17-14(5)19-20(18(17)22)15-8-7-11(2)12(3)9-15/h7-9H,6,10H2,1-5H3. The van der Waals surface area contributed by atoms with Crippen molar-refractivity contribution >= 4 is 23.3 Å². The largest absolute Gasteiger partial charge is 0.466 e. The summed E-state index contributed by atoms with van der Waals surface area (Å²) in [5.41, 5.74) is 4.79. The van der Waals surface area contributed by atoms with Crippen LogP contribution in [0.5, 0.6) is 0 Å². The number of rotatable bonds is 4. The smallest absolute Gasteiger partial charge is 0.309 e. The first-order valence-corrected chi connectivity index (χ1v) is 7.67. The minimum atomic E-state index is -0.331. The van der Waals surface area contributed by atoms with E-state index in [1.165, 1.54) is 5.01 Å². The van der Waals surface area contributed by atoms with Gasteiger partial charge in [0.25, 0.3) is 5.91 Å². The number of nitrogens with zero attached hydrogens (tertiary/aromatic N) is 2. The average molecular weight is 314 g/mol. The Morgan fingerprint density at radius 3 is 2.52 bits per heavy atom. The molecule has 1 aromatic rings. The van der Waals surface area contributed by atoms with E-state index in [4.69, 9.17) is 4.74 Å². The SMILES string of the molecule is CCOC(=O)CC(C)=C1C(=O)N(c2ccc(C)c(C)c2)N=C1C. The number of hydrogen-bond acceptors (Lipinski definition) is 4. The molecular formula is C18H22N2O3. The number of carbonyl (C=O) groups excluding carboxylic acids is 2. The second-order valence-corrected chi connectivity index (χ2v) is 5.71. The molecule has 0 aromatic heterocycles. The van der Waals surface area contributed by atoms with E-state index in [2.05, 4.69) is 5.10 Å². The van der Waals surface area contributed by atoms with Gasteiger partial charge in [-0.15, -0.1) is 0 Å². The van der Waals surface area contributed by atoms with Crippen molar-refractivity contribution in [3.63, 3.8) is 0 Å². The van der Waals surface area contributed by atoms with Crippen LogP contribution in [0.25, 0.3) is 0 Å². The maximum Gasteiger partial charge on any atom is 0.309 e. The lowest BCUT2D eigenvalue weighted by atomic mass is 10.0. The minimum absolute atomic E-state index is 0.0997. The van der Waals surface area contributed by atoms with E-state index >= 15 is 0 Å². The molecule has 1 aliphatic rings. The van der Waals surface area contributed by atoms with Crippen LogP contribution < -0.4 is 5.01 Å². The molecule has 0 N–H and O–H groups in total. The molecule has 0 spiro atoms. The number of hydrogen-bond donors (Lipinski definition) is 0. The van der Waals surface area contributed by atoms with Gasteiger partial charge in [-0.2, -0.15) is 10.1 Å². The van der Waals surface area contributed by atoms with E-state index in [-0.39, 0.29) is 18.3 Å². The number of ether oxygens (including phenoxy) is 1. The van der Waals surface area contributed by atoms with Crippen molar-refractivity contribution in [2.24, 2.45) is 5.10 Å². The molecule has 23 heavy (non-hydrogen) atoms. The summed E-state index contributed by atoms with van der Waals surface area (Å²) in [7, 11) is 0. The van der Waals surface area contributed by atoms with Crippen LogP contribution in [-0.4, -0.2) is 24.2 Å². The number of anilines is 1. The van der Waals surface area contributed by atoms with Crippen LogP contribution in [0.2, 0.25) is 0 Å². The lowest BCUT2D eigenvalue weighted by Crippen LogP contribution is -2.22. The highest BCUT2D eigenvalue weighted by atomic mass is 16.5. The van der Waals surface area contributed by atoms with Crippen LogP contribution in [0.3, 0.4) is 0 Å². The summed E-state index contributed by atoms with van der Waals surface area (Å²) in [5.74, 6) is -0.532. The summed E-state index contributed by atoms with van der Waals surface area (Å²) in [5, 5.41) is 5.75. The predicted molar refractivity (Wildman–Crippen MR) is 90.5 cm³/mol. The summed E-state index contributed by atoms with van der Waals surface area (Å²) in [6.07, 6.45) is 0.0997. The van der Waals surface area contributed by atoms with Crippen molar-refractivity contribution in [2.75, 3.05) is 11.6 Å². The van der Waals surface area contributed by atoms with Gasteiger partial charge in [0.05, 0.1) is 30.0 Å². The van der Waals surface area contributed by atoms with Crippen LogP contribution >= 0.6 is 0 Å². The van der Waals surface area contributed by atoms with Crippen molar-refractivity contribution < 1.29 is 14.3 Å². The Hall–Kier alpha value is -2.43. The van der Waals surface area contributed by atoms with Gasteiger partial charge in [0.1, 0.15) is 0 Å². The molecule has 0 aliphatic carbocycles. The molecule has 0 saturated heterocycles. The van der Waals surface area contributed by atoms with E-state index in [1.807, 2.05) is 32.0 Å². The molecule has 0 fully saturated rings. The molecular weight excluding hydrogens is 292 g/mol. The highest BCUT2D eigenvalue weighted by Gasteiger charge is 2.31. The lowest BCUT2D eigenvalue weighted by Gasteiger charge is -2.14. The molecule has 0 bridgehead atoms. The van der Waals surface area contributed by atoms with E-state index in [0.29, 0.717) is 23.5 Å². The molecule has 5 heteroatoms. The lowest BCUT2D eigenvalue weighted by molar-refractivity contribution is -0.142. The van der Waals surface area contributed by atoms with Gasteiger partial charge in [-0.1, -0.05) is 6.07 Å². The number of hydrazone groups is 1. The molecule has 0 saturated carbocycles. The van der Waals surface area contributed by atoms with E-state index in [9.17, 15) is 9.59 Å². The van der Waals surface area contributed by atoms with Crippen molar-refractivity contribution in [3.8, 4) is 0 Å². The third-order valence-electron chi connectivity index (χ3n) is 3.89. The quantitative estimate of drug-likeness (QED) is 0.633. The maximum absolute atomic E-state index is 12.7. The van der Waals surface area contributed by atoms with Crippen LogP contribution in [0, 0.1) is 13.8 Å². The van der Waals surface area contributed by atoms with Gasteiger partial charge < -0.3 is 4.74 Å². The summed E-state index contributed by atoms with van der Waals surface area (Å²) in [6, 6.07) is 5.78. The fraction of sp³-hybridized carbons (Fsp3) is 0.389. The summed E-state index contributed by atoms with van der Waals surface area (Å²) in [4.78, 5) is 24.3. The molecule has 2 rings (SSSR count). The zero-order chi connectivity index (χ0) is 17.1. The Morgan fingerprint density at radius 1 is 1.22 bits per heavy atom. The molecule has 1 amide bonds. The monoisotopic (exact) mass is 314 g/mol. The Bertz CT molecular complexity index is 717. The Balaban J connectivity index is 2.30. The predicted octanol–water partition coefficient (Wildman–Crippen LogP) is 3.30. The first kappa shape index (κ1) is 16.9. The second-order valence-electron chi connectivity index (χ2n) is 5.71. The highest BCUT2D eigenvalue weighted by molar-refractivity contribution is 6.30. The number of carbonyl (C=O) groups is 2. The first-order valence-electron chi connectivity index (χ1n) is 7.67. The molecule has 1 heterocycles. The zero-order valence-electron chi connectivity index (χ0n) is 14.3. The van der Waals surface area contributed by atoms with Crippen molar-refractivity contribution in [1.29, 1.82) is 0 Å². The van der Waals surface area contributed by atoms with E-state index in [0.717, 1.165) is 16.8 Å². The van der Waals surface area contributed by atoms with Gasteiger partial charge in [0, 0.05) is 0 Å². The molecule has 0 unspecified atom stereocenters. The van der Waals surface area contributed by atoms with Gasteiger partial charge in [-0.05, 0) is 63.5 Å². The summed E-state index contributed by atoms with van der Waals surface area (Å²) >= 11 is 0. The van der Waals surface area contributed by atoms with E-state index in [1.54, 1.807) is 20.8 Å². The number of benzene rings is 1. The summed E-state index contributed by atoms with van der Waals surface area (Å²) in [6.45, 7) is 9.66. The van der Waals surface area contributed by atoms with Crippen LogP contribution in [0.4, 0.5) is 5.69 Å². The minimum Gasteiger partial charge on any atom is -0.466 e. The number of amides is 1. The fourth-order valence-electron chi connectivity index (χ4n) is 2.55. The van der Waals surface area contributed by atoms with Crippen LogP contribution in [-0.2, 0) is 14.3 Å². The highest BCUT2D eigenvalue weighted by Crippen LogP contribution is 2.27. The summed E-state index contributed by atoms with van der Waals surface area (Å²) < 4.78 is 4.95. The Labute approximate surface area is 136 Å². The normalized spacial score (nSPS) is 16.5. The van der Waals surface area contributed by atoms with Gasteiger partial charge in [0.15, 0.2) is 0 Å². The van der Waals surface area contributed by atoms with Gasteiger partial charge >= 0.3 is 5.97 Å². The zero-order valence-corrected chi connectivity index (χ0v) is 14.3. The molecule has 5 nitrogen and oxygen atoms in total. The first-order chi connectivity index (χ1) is 10.8. The molecule has 1 aliphatic heterocycles. The number of aryl methyl sites for hydroxylation is 2. The van der Waals surface area contributed by atoms with Gasteiger partial charge in [-0.3, -0.25) is 9.59 Å². The van der Waals surface area contributed by atoms with Crippen LogP contribution in [0.15, 0.2) is 34.4 Å². The van der Waals surface area contributed by atoms with Crippen LogP contribution in [0.1, 0.15) is 38.3 Å².